The first-order chi connectivity index (χ1) is 22.3. The SMILES string of the molecule is CCC(=O)N[C@@H](C(=O)N1CCN(C)CC1)[C@@H](C)c1ccc(NC(=O)CC2CCCC2NC(=O)C(F)(F)c2cccc(C#N)c2)c(F)c1. The van der Waals surface area contributed by atoms with Crippen LogP contribution in [0.15, 0.2) is 42.5 Å². The quantitative estimate of drug-likeness (QED) is 0.337. The number of anilines is 1. The third-order valence-corrected chi connectivity index (χ3v) is 9.07. The number of alkyl halides is 2. The van der Waals surface area contributed by atoms with Crippen molar-refractivity contribution in [3.05, 3.63) is 65.0 Å². The van der Waals surface area contributed by atoms with Gasteiger partial charge < -0.3 is 25.8 Å². The Morgan fingerprint density at radius 3 is 2.43 bits per heavy atom. The molecule has 3 N–H and O–H groups in total. The molecule has 4 atom stereocenters. The number of benzene rings is 2. The normalized spacial score (nSPS) is 19.7. The van der Waals surface area contributed by atoms with E-state index < -0.39 is 53.0 Å². The zero-order chi connectivity index (χ0) is 34.3. The van der Waals surface area contributed by atoms with E-state index in [1.165, 1.54) is 24.3 Å². The molecule has 1 saturated carbocycles. The second-order valence-electron chi connectivity index (χ2n) is 12.3. The minimum Gasteiger partial charge on any atom is -0.348 e. The number of carbonyl (C=O) groups excluding carboxylic acids is 4. The molecule has 2 fully saturated rings. The molecule has 1 heterocycles. The monoisotopic (exact) mass is 654 g/mol. The number of carbonyl (C=O) groups is 4. The second-order valence-corrected chi connectivity index (χ2v) is 12.3. The van der Waals surface area contributed by atoms with Crippen molar-refractivity contribution in [2.24, 2.45) is 5.92 Å². The number of piperazine rings is 1. The van der Waals surface area contributed by atoms with Crippen molar-refractivity contribution in [3.63, 3.8) is 0 Å². The highest BCUT2D eigenvalue weighted by molar-refractivity contribution is 5.91. The standard InChI is InChI=1S/C34H41F3N6O4/c1-4-29(44)41-31(32(46)43-15-13-42(3)14-16-43)21(2)23-11-12-28(26(35)18-23)39-30(45)19-24-8-6-10-27(24)40-33(47)34(36,37)25-9-5-7-22(17-25)20-38/h5,7,9,11-12,17-18,21,24,27,31H,4,6,8,10,13-16,19H2,1-3H3,(H,39,45)(H,40,47)(H,41,44)/t21-,24?,27?,31+/m0/s1. The topological polar surface area (TPSA) is 135 Å². The molecule has 0 spiro atoms. The van der Waals surface area contributed by atoms with Crippen LogP contribution in [0.25, 0.3) is 0 Å². The molecule has 0 aromatic heterocycles. The smallest absolute Gasteiger partial charge is 0.348 e. The van der Waals surface area contributed by atoms with Crippen LogP contribution < -0.4 is 16.0 Å². The van der Waals surface area contributed by atoms with Crippen LogP contribution in [0.3, 0.4) is 0 Å². The number of rotatable bonds is 11. The van der Waals surface area contributed by atoms with Crippen LogP contribution in [0.1, 0.15) is 68.6 Å². The fourth-order valence-corrected chi connectivity index (χ4v) is 6.09. The lowest BCUT2D eigenvalue weighted by molar-refractivity contribution is -0.148. The fraction of sp³-hybridized carbons (Fsp3) is 0.500. The van der Waals surface area contributed by atoms with Gasteiger partial charge in [-0.1, -0.05) is 38.5 Å². The molecule has 2 unspecified atom stereocenters. The number of nitrogens with one attached hydrogen (secondary N) is 3. The van der Waals surface area contributed by atoms with Crippen molar-refractivity contribution < 1.29 is 32.3 Å². The predicted molar refractivity (Wildman–Crippen MR) is 169 cm³/mol. The van der Waals surface area contributed by atoms with Crippen LogP contribution in [-0.2, 0) is 25.1 Å². The lowest BCUT2D eigenvalue weighted by Gasteiger charge is -2.36. The minimum atomic E-state index is -3.88. The largest absolute Gasteiger partial charge is 0.349 e. The van der Waals surface area contributed by atoms with Crippen molar-refractivity contribution in [1.29, 1.82) is 5.26 Å². The third kappa shape index (κ3) is 8.68. The lowest BCUT2D eigenvalue weighted by atomic mass is 9.91. The summed E-state index contributed by atoms with van der Waals surface area (Å²) < 4.78 is 45.2. The Hall–Kier alpha value is -4.44. The summed E-state index contributed by atoms with van der Waals surface area (Å²) in [6.45, 7) is 5.86. The highest BCUT2D eigenvalue weighted by atomic mass is 19.3. The first kappa shape index (κ1) is 35.4. The number of nitriles is 1. The maximum absolute atomic E-state index is 15.3. The Morgan fingerprint density at radius 2 is 1.77 bits per heavy atom. The Labute approximate surface area is 272 Å². The first-order valence-electron chi connectivity index (χ1n) is 15.9. The van der Waals surface area contributed by atoms with E-state index in [1.807, 2.05) is 7.05 Å². The van der Waals surface area contributed by atoms with E-state index in [9.17, 15) is 28.0 Å². The van der Waals surface area contributed by atoms with Gasteiger partial charge in [-0.2, -0.15) is 14.0 Å². The maximum Gasteiger partial charge on any atom is 0.349 e. The van der Waals surface area contributed by atoms with Gasteiger partial charge >= 0.3 is 5.92 Å². The molecule has 252 valence electrons. The number of halogens is 3. The van der Waals surface area contributed by atoms with E-state index in [0.717, 1.165) is 12.1 Å². The van der Waals surface area contributed by atoms with Gasteiger partial charge in [0.1, 0.15) is 11.9 Å². The van der Waals surface area contributed by atoms with Gasteiger partial charge in [0.05, 0.1) is 17.3 Å². The van der Waals surface area contributed by atoms with Crippen molar-refractivity contribution in [1.82, 2.24) is 20.4 Å². The van der Waals surface area contributed by atoms with Gasteiger partial charge in [0, 0.05) is 56.5 Å². The van der Waals surface area contributed by atoms with Gasteiger partial charge in [0.25, 0.3) is 5.91 Å². The summed E-state index contributed by atoms with van der Waals surface area (Å²) in [5.41, 5.74) is -0.225. The summed E-state index contributed by atoms with van der Waals surface area (Å²) in [6, 6.07) is 9.09. The average Bonchev–Trinajstić information content (AvgIpc) is 3.49. The molecular weight excluding hydrogens is 613 g/mol. The van der Waals surface area contributed by atoms with Gasteiger partial charge in [0.2, 0.25) is 17.7 Å². The summed E-state index contributed by atoms with van der Waals surface area (Å²) >= 11 is 0. The summed E-state index contributed by atoms with van der Waals surface area (Å²) in [7, 11) is 1.97. The van der Waals surface area contributed by atoms with Gasteiger partial charge in [-0.25, -0.2) is 4.39 Å². The van der Waals surface area contributed by atoms with Crippen molar-refractivity contribution in [3.8, 4) is 6.07 Å². The van der Waals surface area contributed by atoms with E-state index in [0.29, 0.717) is 51.0 Å². The molecule has 1 aliphatic carbocycles. The summed E-state index contributed by atoms with van der Waals surface area (Å²) in [5, 5.41) is 16.7. The first-order valence-corrected chi connectivity index (χ1v) is 15.9. The van der Waals surface area contributed by atoms with Gasteiger partial charge in [-0.15, -0.1) is 0 Å². The van der Waals surface area contributed by atoms with Crippen LogP contribution in [0.5, 0.6) is 0 Å². The third-order valence-electron chi connectivity index (χ3n) is 9.07. The van der Waals surface area contributed by atoms with E-state index in [1.54, 1.807) is 30.9 Å². The van der Waals surface area contributed by atoms with Crippen molar-refractivity contribution >= 4 is 29.3 Å². The maximum atomic E-state index is 15.3. The fourth-order valence-electron chi connectivity index (χ4n) is 6.09. The van der Waals surface area contributed by atoms with E-state index >= 15 is 4.39 Å². The molecule has 0 radical (unpaired) electrons. The van der Waals surface area contributed by atoms with Crippen LogP contribution in [0.4, 0.5) is 18.9 Å². The van der Waals surface area contributed by atoms with Gasteiger partial charge in [0.15, 0.2) is 0 Å². The van der Waals surface area contributed by atoms with Crippen LogP contribution in [0.2, 0.25) is 0 Å². The number of likely N-dealkylation sites (N-methyl/N-ethyl adjacent to an activating group) is 1. The summed E-state index contributed by atoms with van der Waals surface area (Å²) in [6.07, 6.45) is 1.59. The van der Waals surface area contributed by atoms with Crippen molar-refractivity contribution in [2.75, 3.05) is 38.5 Å². The lowest BCUT2D eigenvalue weighted by Crippen LogP contribution is -2.55. The molecule has 2 aromatic rings. The molecule has 4 amide bonds. The molecule has 10 nitrogen and oxygen atoms in total. The highest BCUT2D eigenvalue weighted by Crippen LogP contribution is 2.33. The van der Waals surface area contributed by atoms with Crippen LogP contribution in [0, 0.1) is 23.1 Å². The van der Waals surface area contributed by atoms with Gasteiger partial charge in [-0.05, 0) is 55.6 Å². The number of hydrogen-bond acceptors (Lipinski definition) is 6. The molecule has 1 saturated heterocycles. The van der Waals surface area contributed by atoms with E-state index in [4.69, 9.17) is 5.26 Å². The second kappa shape index (κ2) is 15.4. The molecule has 4 rings (SSSR count). The zero-order valence-electron chi connectivity index (χ0n) is 26.8. The van der Waals surface area contributed by atoms with E-state index in [2.05, 4.69) is 20.9 Å². The summed E-state index contributed by atoms with van der Waals surface area (Å²) in [5.74, 6) is -8.21. The number of nitrogens with zero attached hydrogens (tertiary/aromatic N) is 3. The predicted octanol–water partition coefficient (Wildman–Crippen LogP) is 3.88. The molecular formula is C34H41F3N6O4. The highest BCUT2D eigenvalue weighted by Gasteiger charge is 2.43. The minimum absolute atomic E-state index is 0.00216. The molecule has 2 aliphatic rings. The Balaban J connectivity index is 1.39. The summed E-state index contributed by atoms with van der Waals surface area (Å²) in [4.78, 5) is 55.1. The molecule has 47 heavy (non-hydrogen) atoms. The van der Waals surface area contributed by atoms with Crippen molar-refractivity contribution in [2.45, 2.75) is 69.9 Å². The number of amides is 4. The Bertz CT molecular complexity index is 1520. The Morgan fingerprint density at radius 1 is 1.04 bits per heavy atom. The van der Waals surface area contributed by atoms with Crippen LogP contribution >= 0.6 is 0 Å². The molecule has 0 bridgehead atoms. The molecule has 1 aliphatic heterocycles. The van der Waals surface area contributed by atoms with Crippen LogP contribution in [-0.4, -0.2) is 78.7 Å². The van der Waals surface area contributed by atoms with E-state index in [-0.39, 0.29) is 35.9 Å². The molecule has 2 aromatic carbocycles. The zero-order valence-corrected chi connectivity index (χ0v) is 26.8. The van der Waals surface area contributed by atoms with Gasteiger partial charge in [-0.3, -0.25) is 19.2 Å². The molecule has 13 heteroatoms. The number of hydrogen-bond donors (Lipinski definition) is 3. The Kier molecular flexibility index (Phi) is 11.6. The average molecular weight is 655 g/mol.